The molecule has 0 aliphatic rings. The minimum absolute atomic E-state index is 0.0951. The number of rotatable bonds is 6. The van der Waals surface area contributed by atoms with E-state index in [0.29, 0.717) is 11.3 Å². The van der Waals surface area contributed by atoms with E-state index in [1.807, 2.05) is 31.2 Å². The third kappa shape index (κ3) is 4.29. The van der Waals surface area contributed by atoms with E-state index in [-0.39, 0.29) is 5.78 Å². The van der Waals surface area contributed by atoms with E-state index in [1.165, 1.54) is 23.1 Å². The molecule has 1 heterocycles. The number of anilines is 1. The molecule has 0 saturated heterocycles. The summed E-state index contributed by atoms with van der Waals surface area (Å²) in [7, 11) is 0. The molecule has 2 rings (SSSR count). The normalized spacial score (nSPS) is 10.4. The van der Waals surface area contributed by atoms with Crippen molar-refractivity contribution >= 4 is 49.9 Å². The Kier molecular flexibility index (Phi) is 5.35. The number of thioether (sulfide) groups is 1. The second-order valence-corrected chi connectivity index (χ2v) is 6.74. The van der Waals surface area contributed by atoms with E-state index in [1.54, 1.807) is 0 Å². The van der Waals surface area contributed by atoms with Gasteiger partial charge in [0.2, 0.25) is 5.13 Å². The van der Waals surface area contributed by atoms with Crippen LogP contribution in [0.2, 0.25) is 0 Å². The molecule has 0 spiro atoms. The maximum atomic E-state index is 12.0. The van der Waals surface area contributed by atoms with Crippen LogP contribution < -0.4 is 5.32 Å². The molecule has 0 bridgehead atoms. The van der Waals surface area contributed by atoms with Crippen molar-refractivity contribution < 1.29 is 4.79 Å². The summed E-state index contributed by atoms with van der Waals surface area (Å²) in [4.78, 5) is 12.0. The molecule has 0 aliphatic carbocycles. The van der Waals surface area contributed by atoms with Gasteiger partial charge in [0.15, 0.2) is 10.1 Å². The van der Waals surface area contributed by atoms with E-state index in [0.717, 1.165) is 20.5 Å². The molecule has 1 N–H and O–H groups in total. The van der Waals surface area contributed by atoms with E-state index < -0.39 is 0 Å². The maximum absolute atomic E-state index is 12.0. The number of nitrogens with one attached hydrogen (secondary N) is 1. The summed E-state index contributed by atoms with van der Waals surface area (Å²) in [5.41, 5.74) is 0.715. The number of aromatic nitrogens is 2. The molecule has 100 valence electrons. The first-order valence-electron chi connectivity index (χ1n) is 5.68. The molecule has 1 aromatic heterocycles. The van der Waals surface area contributed by atoms with Gasteiger partial charge in [-0.05, 0) is 19.1 Å². The molecule has 19 heavy (non-hydrogen) atoms. The van der Waals surface area contributed by atoms with Crippen molar-refractivity contribution in [3.8, 4) is 0 Å². The van der Waals surface area contributed by atoms with Crippen LogP contribution in [-0.2, 0) is 0 Å². The average molecular weight is 358 g/mol. The summed E-state index contributed by atoms with van der Waals surface area (Å²) < 4.78 is 1.78. The van der Waals surface area contributed by atoms with E-state index in [4.69, 9.17) is 0 Å². The molecule has 7 heteroatoms. The Hall–Kier alpha value is -0.920. The molecule has 1 aromatic carbocycles. The zero-order valence-electron chi connectivity index (χ0n) is 10.2. The van der Waals surface area contributed by atoms with E-state index in [2.05, 4.69) is 31.4 Å². The minimum Gasteiger partial charge on any atom is -0.360 e. The van der Waals surface area contributed by atoms with Gasteiger partial charge in [-0.15, -0.1) is 10.2 Å². The van der Waals surface area contributed by atoms with E-state index in [9.17, 15) is 4.79 Å². The van der Waals surface area contributed by atoms with Crippen molar-refractivity contribution in [2.45, 2.75) is 11.3 Å². The Morgan fingerprint density at radius 1 is 1.37 bits per heavy atom. The fourth-order valence-corrected chi connectivity index (χ4v) is 3.32. The molecule has 0 unspecified atom stereocenters. The number of carbonyl (C=O) groups is 1. The SMILES string of the molecule is CCNc1nnc(SCC(=O)c2ccc(Br)cc2)s1. The van der Waals surface area contributed by atoms with Gasteiger partial charge in [-0.1, -0.05) is 51.2 Å². The number of benzene rings is 1. The van der Waals surface area contributed by atoms with Crippen LogP contribution in [0.25, 0.3) is 0 Å². The lowest BCUT2D eigenvalue weighted by Crippen LogP contribution is -2.01. The third-order valence-electron chi connectivity index (χ3n) is 2.23. The lowest BCUT2D eigenvalue weighted by atomic mass is 10.2. The first kappa shape index (κ1) is 14.5. The Labute approximate surface area is 128 Å². The monoisotopic (exact) mass is 357 g/mol. The molecule has 4 nitrogen and oxygen atoms in total. The van der Waals surface area contributed by atoms with Crippen LogP contribution >= 0.6 is 39.0 Å². The standard InChI is InChI=1S/C12H12BrN3OS2/c1-2-14-11-15-16-12(19-11)18-7-10(17)8-3-5-9(13)6-4-8/h3-6H,2,7H2,1H3,(H,14,15). The van der Waals surface area contributed by atoms with Crippen molar-refractivity contribution in [1.82, 2.24) is 10.2 Å². The Morgan fingerprint density at radius 2 is 2.11 bits per heavy atom. The zero-order chi connectivity index (χ0) is 13.7. The highest BCUT2D eigenvalue weighted by molar-refractivity contribution is 9.10. The van der Waals surface area contributed by atoms with Gasteiger partial charge in [0.25, 0.3) is 0 Å². The quantitative estimate of drug-likeness (QED) is 0.630. The summed E-state index contributed by atoms with van der Waals surface area (Å²) >= 11 is 6.23. The van der Waals surface area contributed by atoms with Crippen LogP contribution in [-0.4, -0.2) is 28.3 Å². The van der Waals surface area contributed by atoms with Crippen LogP contribution in [0.4, 0.5) is 5.13 Å². The predicted octanol–water partition coefficient (Wildman–Crippen LogP) is 3.71. The van der Waals surface area contributed by atoms with Gasteiger partial charge in [0.05, 0.1) is 5.75 Å². The molecule has 0 amide bonds. The molecule has 0 saturated carbocycles. The highest BCUT2D eigenvalue weighted by Gasteiger charge is 2.09. The number of halogens is 1. The molecular weight excluding hydrogens is 346 g/mol. The molecule has 0 fully saturated rings. The summed E-state index contributed by atoms with van der Waals surface area (Å²) in [6.07, 6.45) is 0. The summed E-state index contributed by atoms with van der Waals surface area (Å²) in [5.74, 6) is 0.472. The molecule has 0 aliphatic heterocycles. The van der Waals surface area contributed by atoms with Crippen LogP contribution in [0.5, 0.6) is 0 Å². The molecule has 2 aromatic rings. The topological polar surface area (TPSA) is 54.9 Å². The number of Topliss-reactive ketones (excluding diaryl/α,β-unsaturated/α-hetero) is 1. The summed E-state index contributed by atoms with van der Waals surface area (Å²) in [6.45, 7) is 2.82. The van der Waals surface area contributed by atoms with Gasteiger partial charge in [-0.25, -0.2) is 0 Å². The number of nitrogens with zero attached hydrogens (tertiary/aromatic N) is 2. The smallest absolute Gasteiger partial charge is 0.206 e. The second kappa shape index (κ2) is 7.02. The van der Waals surface area contributed by atoms with Crippen LogP contribution in [0, 0.1) is 0 Å². The largest absolute Gasteiger partial charge is 0.360 e. The summed E-state index contributed by atoms with van der Waals surface area (Å²) in [5, 5.41) is 11.9. The summed E-state index contributed by atoms with van der Waals surface area (Å²) in [6, 6.07) is 7.37. The molecule has 0 radical (unpaired) electrons. The first-order chi connectivity index (χ1) is 9.19. The lowest BCUT2D eigenvalue weighted by molar-refractivity contribution is 0.102. The van der Waals surface area contributed by atoms with Crippen LogP contribution in [0.15, 0.2) is 33.1 Å². The van der Waals surface area contributed by atoms with Crippen molar-refractivity contribution in [2.75, 3.05) is 17.6 Å². The van der Waals surface area contributed by atoms with Gasteiger partial charge in [-0.3, -0.25) is 4.79 Å². The molecule has 0 atom stereocenters. The second-order valence-electron chi connectivity index (χ2n) is 3.62. The fourth-order valence-electron chi connectivity index (χ4n) is 1.34. The highest BCUT2D eigenvalue weighted by atomic mass is 79.9. The maximum Gasteiger partial charge on any atom is 0.206 e. The third-order valence-corrected chi connectivity index (χ3v) is 4.77. The number of hydrogen-bond donors (Lipinski definition) is 1. The zero-order valence-corrected chi connectivity index (χ0v) is 13.4. The van der Waals surface area contributed by atoms with Crippen molar-refractivity contribution in [2.24, 2.45) is 0 Å². The molecular formula is C12H12BrN3OS2. The van der Waals surface area contributed by atoms with Gasteiger partial charge >= 0.3 is 0 Å². The lowest BCUT2D eigenvalue weighted by Gasteiger charge is -1.99. The fraction of sp³-hybridized carbons (Fsp3) is 0.250. The van der Waals surface area contributed by atoms with Gasteiger partial charge < -0.3 is 5.32 Å². The number of ketones is 1. The van der Waals surface area contributed by atoms with Crippen LogP contribution in [0.1, 0.15) is 17.3 Å². The van der Waals surface area contributed by atoms with Gasteiger partial charge in [0, 0.05) is 16.6 Å². The number of carbonyl (C=O) groups excluding carboxylic acids is 1. The average Bonchev–Trinajstić information content (AvgIpc) is 2.85. The minimum atomic E-state index is 0.0951. The predicted molar refractivity (Wildman–Crippen MR) is 83.3 cm³/mol. The Bertz CT molecular complexity index is 556. The van der Waals surface area contributed by atoms with Gasteiger partial charge in [0.1, 0.15) is 0 Å². The Balaban J connectivity index is 1.90. The van der Waals surface area contributed by atoms with Crippen LogP contribution in [0.3, 0.4) is 0 Å². The van der Waals surface area contributed by atoms with Crippen molar-refractivity contribution in [1.29, 1.82) is 0 Å². The highest BCUT2D eigenvalue weighted by Crippen LogP contribution is 2.26. The van der Waals surface area contributed by atoms with E-state index >= 15 is 0 Å². The first-order valence-corrected chi connectivity index (χ1v) is 8.27. The Morgan fingerprint density at radius 3 is 2.79 bits per heavy atom. The van der Waals surface area contributed by atoms with Gasteiger partial charge in [-0.2, -0.15) is 0 Å². The van der Waals surface area contributed by atoms with Crippen molar-refractivity contribution in [3.63, 3.8) is 0 Å². The van der Waals surface area contributed by atoms with Crippen molar-refractivity contribution in [3.05, 3.63) is 34.3 Å². The number of hydrogen-bond acceptors (Lipinski definition) is 6.